The zero-order valence-corrected chi connectivity index (χ0v) is 11.4. The first-order chi connectivity index (χ1) is 10.3. The molecule has 6 heteroatoms. The predicted molar refractivity (Wildman–Crippen MR) is 74.4 cm³/mol. The molecule has 108 valence electrons. The first-order valence-electron chi connectivity index (χ1n) is 6.99. The van der Waals surface area contributed by atoms with Crippen LogP contribution in [0, 0.1) is 0 Å². The minimum atomic E-state index is 0.0373. The number of carbonyl (C=O) groups excluding carboxylic acids is 1. The number of rotatable bonds is 2. The van der Waals surface area contributed by atoms with E-state index in [0.29, 0.717) is 23.0 Å². The maximum Gasteiger partial charge on any atom is 0.254 e. The van der Waals surface area contributed by atoms with E-state index in [1.807, 2.05) is 11.0 Å². The molecular weight excluding hydrogens is 270 g/mol. The highest BCUT2D eigenvalue weighted by molar-refractivity contribution is 5.95. The third-order valence-corrected chi connectivity index (χ3v) is 4.06. The number of fused-ring (bicyclic) bond motifs is 1. The van der Waals surface area contributed by atoms with Gasteiger partial charge in [0.2, 0.25) is 6.79 Å². The fraction of sp³-hybridized carbons (Fsp3) is 0.333. The van der Waals surface area contributed by atoms with Gasteiger partial charge in [0.05, 0.1) is 0 Å². The van der Waals surface area contributed by atoms with Gasteiger partial charge in [-0.15, -0.1) is 0 Å². The average Bonchev–Trinajstić information content (AvgIpc) is 3.24. The fourth-order valence-corrected chi connectivity index (χ4v) is 2.90. The van der Waals surface area contributed by atoms with E-state index in [9.17, 15) is 4.79 Å². The zero-order valence-electron chi connectivity index (χ0n) is 11.4. The van der Waals surface area contributed by atoms with Crippen LogP contribution in [0.3, 0.4) is 0 Å². The number of nitrogens with zero attached hydrogens (tertiary/aromatic N) is 2. The third kappa shape index (κ3) is 2.12. The van der Waals surface area contributed by atoms with Crippen molar-refractivity contribution in [1.29, 1.82) is 0 Å². The van der Waals surface area contributed by atoms with Crippen LogP contribution in [0.25, 0.3) is 0 Å². The van der Waals surface area contributed by atoms with Gasteiger partial charge >= 0.3 is 0 Å². The number of aromatic nitrogens is 2. The van der Waals surface area contributed by atoms with Crippen molar-refractivity contribution in [3.63, 3.8) is 0 Å². The van der Waals surface area contributed by atoms with E-state index in [1.165, 1.54) is 0 Å². The number of aromatic amines is 1. The average molecular weight is 285 g/mol. The molecule has 0 saturated carbocycles. The van der Waals surface area contributed by atoms with Crippen molar-refractivity contribution < 1.29 is 14.3 Å². The lowest BCUT2D eigenvalue weighted by molar-refractivity contribution is 0.0790. The Labute approximate surface area is 121 Å². The number of hydrogen-bond acceptors (Lipinski definition) is 4. The minimum absolute atomic E-state index is 0.0373. The van der Waals surface area contributed by atoms with Crippen LogP contribution in [0.5, 0.6) is 11.5 Å². The van der Waals surface area contributed by atoms with Crippen molar-refractivity contribution >= 4 is 5.91 Å². The molecule has 2 aromatic rings. The molecule has 4 rings (SSSR count). The highest BCUT2D eigenvalue weighted by Gasteiger charge is 2.29. The molecule has 0 radical (unpaired) electrons. The maximum atomic E-state index is 12.6. The fourth-order valence-electron chi connectivity index (χ4n) is 2.90. The SMILES string of the molecule is O=C(c1ccc2c(c1)OCO2)N1CC[C@@H](c2ccn[nH]2)C1. The van der Waals surface area contributed by atoms with Gasteiger partial charge in [0.15, 0.2) is 11.5 Å². The van der Waals surface area contributed by atoms with Gasteiger partial charge in [-0.3, -0.25) is 9.89 Å². The Morgan fingerprint density at radius 1 is 1.29 bits per heavy atom. The maximum absolute atomic E-state index is 12.6. The molecule has 1 saturated heterocycles. The van der Waals surface area contributed by atoms with E-state index in [1.54, 1.807) is 24.4 Å². The van der Waals surface area contributed by atoms with Crippen molar-refractivity contribution in [2.45, 2.75) is 12.3 Å². The van der Waals surface area contributed by atoms with Crippen molar-refractivity contribution in [1.82, 2.24) is 15.1 Å². The smallest absolute Gasteiger partial charge is 0.254 e. The molecular formula is C15H15N3O3. The largest absolute Gasteiger partial charge is 0.454 e. The molecule has 21 heavy (non-hydrogen) atoms. The molecule has 1 amide bonds. The number of benzene rings is 1. The van der Waals surface area contributed by atoms with Crippen LogP contribution in [0.15, 0.2) is 30.5 Å². The van der Waals surface area contributed by atoms with Gasteiger partial charge in [0, 0.05) is 36.5 Å². The Morgan fingerprint density at radius 2 is 2.19 bits per heavy atom. The summed E-state index contributed by atoms with van der Waals surface area (Å²) in [5, 5.41) is 6.96. The van der Waals surface area contributed by atoms with Gasteiger partial charge < -0.3 is 14.4 Å². The summed E-state index contributed by atoms with van der Waals surface area (Å²) in [6, 6.07) is 7.31. The Bertz CT molecular complexity index is 669. The lowest BCUT2D eigenvalue weighted by atomic mass is 10.1. The lowest BCUT2D eigenvalue weighted by Crippen LogP contribution is -2.28. The second-order valence-corrected chi connectivity index (χ2v) is 5.32. The van der Waals surface area contributed by atoms with Crippen molar-refractivity contribution in [3.8, 4) is 11.5 Å². The van der Waals surface area contributed by atoms with Crippen LogP contribution in [0.2, 0.25) is 0 Å². The van der Waals surface area contributed by atoms with Gasteiger partial charge in [-0.05, 0) is 30.7 Å². The van der Waals surface area contributed by atoms with Crippen LogP contribution in [0.4, 0.5) is 0 Å². The number of ether oxygens (including phenoxy) is 2. The standard InChI is InChI=1S/C15H15N3O3/c19-15(10-1-2-13-14(7-10)21-9-20-13)18-6-4-11(8-18)12-3-5-16-17-12/h1-3,5,7,11H,4,6,8-9H2,(H,16,17)/t11-/m1/s1. The van der Waals surface area contributed by atoms with Crippen LogP contribution in [-0.2, 0) is 0 Å². The number of amides is 1. The Kier molecular flexibility index (Phi) is 2.80. The van der Waals surface area contributed by atoms with Gasteiger partial charge in [-0.1, -0.05) is 0 Å². The molecule has 0 aliphatic carbocycles. The van der Waals surface area contributed by atoms with Crippen LogP contribution >= 0.6 is 0 Å². The Balaban J connectivity index is 1.51. The number of H-pyrrole nitrogens is 1. The van der Waals surface area contributed by atoms with E-state index in [0.717, 1.165) is 25.2 Å². The quantitative estimate of drug-likeness (QED) is 0.913. The monoisotopic (exact) mass is 285 g/mol. The minimum Gasteiger partial charge on any atom is -0.454 e. The van der Waals surface area contributed by atoms with E-state index in [4.69, 9.17) is 9.47 Å². The van der Waals surface area contributed by atoms with E-state index in [-0.39, 0.29) is 12.7 Å². The number of likely N-dealkylation sites (tertiary alicyclic amines) is 1. The summed E-state index contributed by atoms with van der Waals surface area (Å²) >= 11 is 0. The highest BCUT2D eigenvalue weighted by atomic mass is 16.7. The molecule has 0 spiro atoms. The predicted octanol–water partition coefficient (Wildman–Crippen LogP) is 1.77. The molecule has 1 N–H and O–H groups in total. The normalized spacial score (nSPS) is 20.0. The Morgan fingerprint density at radius 3 is 3.05 bits per heavy atom. The van der Waals surface area contributed by atoms with Crippen molar-refractivity contribution in [3.05, 3.63) is 41.7 Å². The molecule has 0 unspecified atom stereocenters. The van der Waals surface area contributed by atoms with Crippen LogP contribution in [0.1, 0.15) is 28.4 Å². The molecule has 1 aromatic carbocycles. The molecule has 2 aliphatic rings. The lowest BCUT2D eigenvalue weighted by Gasteiger charge is -2.16. The third-order valence-electron chi connectivity index (χ3n) is 4.06. The molecule has 3 heterocycles. The summed E-state index contributed by atoms with van der Waals surface area (Å²) < 4.78 is 10.6. The summed E-state index contributed by atoms with van der Waals surface area (Å²) in [6.07, 6.45) is 2.70. The van der Waals surface area contributed by atoms with Gasteiger partial charge in [0.25, 0.3) is 5.91 Å². The molecule has 2 aliphatic heterocycles. The first-order valence-corrected chi connectivity index (χ1v) is 6.99. The summed E-state index contributed by atoms with van der Waals surface area (Å²) in [5.41, 5.74) is 1.74. The second kappa shape index (κ2) is 4.80. The molecule has 1 aromatic heterocycles. The number of nitrogens with one attached hydrogen (secondary N) is 1. The summed E-state index contributed by atoms with van der Waals surface area (Å²) in [7, 11) is 0. The molecule has 1 fully saturated rings. The first kappa shape index (κ1) is 12.3. The Hall–Kier alpha value is -2.50. The summed E-state index contributed by atoms with van der Waals surface area (Å²) in [5.74, 6) is 1.72. The molecule has 0 bridgehead atoms. The number of hydrogen-bond donors (Lipinski definition) is 1. The number of carbonyl (C=O) groups is 1. The highest BCUT2D eigenvalue weighted by Crippen LogP contribution is 2.33. The van der Waals surface area contributed by atoms with E-state index < -0.39 is 0 Å². The van der Waals surface area contributed by atoms with Gasteiger partial charge in [-0.25, -0.2) is 0 Å². The van der Waals surface area contributed by atoms with Crippen molar-refractivity contribution in [2.75, 3.05) is 19.9 Å². The zero-order chi connectivity index (χ0) is 14.2. The molecule has 6 nitrogen and oxygen atoms in total. The van der Waals surface area contributed by atoms with Crippen LogP contribution in [-0.4, -0.2) is 40.9 Å². The second-order valence-electron chi connectivity index (χ2n) is 5.32. The topological polar surface area (TPSA) is 67.5 Å². The van der Waals surface area contributed by atoms with Crippen molar-refractivity contribution in [2.24, 2.45) is 0 Å². The molecule has 1 atom stereocenters. The van der Waals surface area contributed by atoms with E-state index >= 15 is 0 Å². The summed E-state index contributed by atoms with van der Waals surface area (Å²) in [6.45, 7) is 1.70. The van der Waals surface area contributed by atoms with E-state index in [2.05, 4.69) is 10.2 Å². The van der Waals surface area contributed by atoms with Gasteiger partial charge in [0.1, 0.15) is 0 Å². The van der Waals surface area contributed by atoms with Crippen LogP contribution < -0.4 is 9.47 Å². The van der Waals surface area contributed by atoms with Gasteiger partial charge in [-0.2, -0.15) is 5.10 Å². The summed E-state index contributed by atoms with van der Waals surface area (Å²) in [4.78, 5) is 14.4.